The molecule has 4 aromatic rings. The lowest BCUT2D eigenvalue weighted by molar-refractivity contribution is 0.0535. The van der Waals surface area contributed by atoms with E-state index in [1.807, 2.05) is 67.6 Å². The molecule has 0 aliphatic carbocycles. The molecule has 1 aliphatic rings. The van der Waals surface area contributed by atoms with Crippen LogP contribution in [0.1, 0.15) is 26.4 Å². The number of carbonyl (C=O) groups is 2. The maximum Gasteiger partial charge on any atom is 0.255 e. The highest BCUT2D eigenvalue weighted by Crippen LogP contribution is 2.31. The van der Waals surface area contributed by atoms with Crippen LogP contribution in [0.3, 0.4) is 0 Å². The molecular weight excluding hydrogens is 469 g/mol. The molecule has 1 fully saturated rings. The van der Waals surface area contributed by atoms with Gasteiger partial charge in [-0.1, -0.05) is 42.5 Å². The van der Waals surface area contributed by atoms with Crippen molar-refractivity contribution >= 4 is 11.8 Å². The minimum absolute atomic E-state index is 0.0748. The highest BCUT2D eigenvalue weighted by atomic mass is 19.1. The van der Waals surface area contributed by atoms with Gasteiger partial charge in [0.15, 0.2) is 0 Å². The second kappa shape index (κ2) is 10.3. The number of ether oxygens (including phenoxy) is 1. The Morgan fingerprint density at radius 3 is 2.14 bits per heavy atom. The molecule has 0 unspecified atom stereocenters. The van der Waals surface area contributed by atoms with Gasteiger partial charge >= 0.3 is 0 Å². The smallest absolute Gasteiger partial charge is 0.255 e. The zero-order chi connectivity index (χ0) is 25.9. The molecule has 37 heavy (non-hydrogen) atoms. The SMILES string of the molecule is COc1cccc(-n2c(-c3ccccc3)cc(C(=O)N3CCN(C(=O)c4cccc(F)c4)CC3)c2C)c1. The summed E-state index contributed by atoms with van der Waals surface area (Å²) in [5.41, 5.74) is 4.58. The van der Waals surface area contributed by atoms with Gasteiger partial charge in [-0.3, -0.25) is 9.59 Å². The first-order chi connectivity index (χ1) is 18.0. The van der Waals surface area contributed by atoms with Gasteiger partial charge in [-0.25, -0.2) is 4.39 Å². The number of methoxy groups -OCH3 is 1. The molecule has 0 N–H and O–H groups in total. The lowest BCUT2D eigenvalue weighted by atomic mass is 10.1. The van der Waals surface area contributed by atoms with Crippen LogP contribution in [0.25, 0.3) is 16.9 Å². The van der Waals surface area contributed by atoms with Gasteiger partial charge in [0.05, 0.1) is 18.4 Å². The van der Waals surface area contributed by atoms with Crippen molar-refractivity contribution in [2.24, 2.45) is 0 Å². The third-order valence-electron chi connectivity index (χ3n) is 6.78. The van der Waals surface area contributed by atoms with E-state index in [2.05, 4.69) is 4.57 Å². The van der Waals surface area contributed by atoms with E-state index in [1.54, 1.807) is 23.0 Å². The average molecular weight is 498 g/mol. The quantitative estimate of drug-likeness (QED) is 0.381. The zero-order valence-electron chi connectivity index (χ0n) is 20.9. The van der Waals surface area contributed by atoms with E-state index in [0.29, 0.717) is 37.3 Å². The Balaban J connectivity index is 1.42. The lowest BCUT2D eigenvalue weighted by Gasteiger charge is -2.34. The van der Waals surface area contributed by atoms with E-state index in [-0.39, 0.29) is 11.8 Å². The molecule has 7 heteroatoms. The highest BCUT2D eigenvalue weighted by molar-refractivity contribution is 5.98. The number of benzene rings is 3. The third-order valence-corrected chi connectivity index (χ3v) is 6.78. The summed E-state index contributed by atoms with van der Waals surface area (Å²) in [6, 6.07) is 25.4. The zero-order valence-corrected chi connectivity index (χ0v) is 20.9. The van der Waals surface area contributed by atoms with Gasteiger partial charge in [0, 0.05) is 49.2 Å². The fourth-order valence-electron chi connectivity index (χ4n) is 4.81. The van der Waals surface area contributed by atoms with E-state index >= 15 is 0 Å². The third kappa shape index (κ3) is 4.85. The van der Waals surface area contributed by atoms with E-state index in [1.165, 1.54) is 18.2 Å². The summed E-state index contributed by atoms with van der Waals surface area (Å²) in [5, 5.41) is 0. The first kappa shape index (κ1) is 24.3. The number of aromatic nitrogens is 1. The van der Waals surface area contributed by atoms with E-state index in [0.717, 1.165) is 28.4 Å². The van der Waals surface area contributed by atoms with Crippen LogP contribution in [0.5, 0.6) is 5.75 Å². The number of halogens is 1. The maximum atomic E-state index is 13.7. The predicted molar refractivity (Wildman–Crippen MR) is 141 cm³/mol. The first-order valence-electron chi connectivity index (χ1n) is 12.2. The van der Waals surface area contributed by atoms with Gasteiger partial charge in [0.25, 0.3) is 11.8 Å². The van der Waals surface area contributed by atoms with Crippen molar-refractivity contribution in [1.82, 2.24) is 14.4 Å². The Morgan fingerprint density at radius 1 is 0.784 bits per heavy atom. The summed E-state index contributed by atoms with van der Waals surface area (Å²) in [4.78, 5) is 30.0. The molecule has 5 rings (SSSR count). The van der Waals surface area contributed by atoms with Crippen molar-refractivity contribution in [3.8, 4) is 22.7 Å². The molecule has 1 aliphatic heterocycles. The number of hydrogen-bond acceptors (Lipinski definition) is 3. The molecule has 0 spiro atoms. The van der Waals surface area contributed by atoms with Crippen LogP contribution in [0.2, 0.25) is 0 Å². The molecule has 0 atom stereocenters. The predicted octanol–water partition coefficient (Wildman–Crippen LogP) is 5.20. The molecule has 3 aromatic carbocycles. The molecule has 2 heterocycles. The number of carbonyl (C=O) groups excluding carboxylic acids is 2. The summed E-state index contributed by atoms with van der Waals surface area (Å²) in [7, 11) is 1.63. The van der Waals surface area contributed by atoms with Crippen molar-refractivity contribution < 1.29 is 18.7 Å². The molecule has 0 bridgehead atoms. The van der Waals surface area contributed by atoms with E-state index in [4.69, 9.17) is 4.74 Å². The van der Waals surface area contributed by atoms with Crippen molar-refractivity contribution in [2.45, 2.75) is 6.92 Å². The van der Waals surface area contributed by atoms with Crippen LogP contribution >= 0.6 is 0 Å². The number of amides is 2. The fourth-order valence-corrected chi connectivity index (χ4v) is 4.81. The van der Waals surface area contributed by atoms with Crippen molar-refractivity contribution in [3.63, 3.8) is 0 Å². The molecular formula is C30H28FN3O3. The topological polar surface area (TPSA) is 54.8 Å². The molecule has 0 saturated carbocycles. The second-order valence-electron chi connectivity index (χ2n) is 9.03. The summed E-state index contributed by atoms with van der Waals surface area (Å²) >= 11 is 0. The monoisotopic (exact) mass is 497 g/mol. The maximum absolute atomic E-state index is 13.7. The Morgan fingerprint density at radius 2 is 1.46 bits per heavy atom. The van der Waals surface area contributed by atoms with Crippen molar-refractivity contribution in [3.05, 3.63) is 108 Å². The van der Waals surface area contributed by atoms with E-state index < -0.39 is 5.82 Å². The van der Waals surface area contributed by atoms with Gasteiger partial charge in [-0.2, -0.15) is 0 Å². The van der Waals surface area contributed by atoms with Gasteiger partial charge < -0.3 is 19.1 Å². The summed E-state index contributed by atoms with van der Waals surface area (Å²) < 4.78 is 21.1. The molecule has 188 valence electrons. The molecule has 2 amide bonds. The minimum Gasteiger partial charge on any atom is -0.497 e. The van der Waals surface area contributed by atoms with E-state index in [9.17, 15) is 14.0 Å². The van der Waals surface area contributed by atoms with Gasteiger partial charge in [0.1, 0.15) is 11.6 Å². The normalized spacial score (nSPS) is 13.5. The second-order valence-corrected chi connectivity index (χ2v) is 9.03. The highest BCUT2D eigenvalue weighted by Gasteiger charge is 2.28. The Bertz CT molecular complexity index is 1440. The minimum atomic E-state index is -0.440. The first-order valence-corrected chi connectivity index (χ1v) is 12.2. The molecule has 0 radical (unpaired) electrons. The Labute approximate surface area is 215 Å². The number of rotatable bonds is 5. The fraction of sp³-hybridized carbons (Fsp3) is 0.200. The molecule has 1 saturated heterocycles. The standard InChI is InChI=1S/C30H28FN3O3/c1-21-27(30(36)33-16-14-32(15-17-33)29(35)23-10-6-11-24(31)18-23)20-28(22-8-4-3-5-9-22)34(21)25-12-7-13-26(19-25)37-2/h3-13,18-20H,14-17H2,1-2H3. The number of hydrogen-bond donors (Lipinski definition) is 0. The van der Waals surface area contributed by atoms with Gasteiger partial charge in [-0.15, -0.1) is 0 Å². The van der Waals surface area contributed by atoms with Crippen LogP contribution in [-0.2, 0) is 0 Å². The average Bonchev–Trinajstić information content (AvgIpc) is 3.29. The van der Waals surface area contributed by atoms with Crippen LogP contribution in [0.15, 0.2) is 84.9 Å². The molecule has 6 nitrogen and oxygen atoms in total. The lowest BCUT2D eigenvalue weighted by Crippen LogP contribution is -2.50. The Kier molecular flexibility index (Phi) is 6.77. The summed E-state index contributed by atoms with van der Waals surface area (Å²) in [5.74, 6) is -0.00557. The summed E-state index contributed by atoms with van der Waals surface area (Å²) in [6.07, 6.45) is 0. The Hall–Kier alpha value is -4.39. The molecule has 1 aromatic heterocycles. The largest absolute Gasteiger partial charge is 0.497 e. The van der Waals surface area contributed by atoms with Crippen molar-refractivity contribution in [2.75, 3.05) is 33.3 Å². The summed E-state index contributed by atoms with van der Waals surface area (Å²) in [6.45, 7) is 3.54. The van der Waals surface area contributed by atoms with Crippen LogP contribution in [0, 0.1) is 12.7 Å². The van der Waals surface area contributed by atoms with Gasteiger partial charge in [-0.05, 0) is 48.9 Å². The number of nitrogens with zero attached hydrogens (tertiary/aromatic N) is 3. The van der Waals surface area contributed by atoms with Crippen LogP contribution < -0.4 is 4.74 Å². The van der Waals surface area contributed by atoms with Crippen LogP contribution in [0.4, 0.5) is 4.39 Å². The number of piperazine rings is 1. The van der Waals surface area contributed by atoms with Crippen molar-refractivity contribution in [1.29, 1.82) is 0 Å². The van der Waals surface area contributed by atoms with Gasteiger partial charge in [0.2, 0.25) is 0 Å². The van der Waals surface area contributed by atoms with Crippen LogP contribution in [-0.4, -0.2) is 59.5 Å².